The van der Waals surface area contributed by atoms with Gasteiger partial charge in [0.05, 0.1) is 5.69 Å². The summed E-state index contributed by atoms with van der Waals surface area (Å²) in [6.45, 7) is 3.75. The van der Waals surface area contributed by atoms with Crippen LogP contribution in [0.5, 0.6) is 0 Å². The Morgan fingerprint density at radius 3 is 2.58 bits per heavy atom. The fourth-order valence-corrected chi connectivity index (χ4v) is 2.70. The van der Waals surface area contributed by atoms with Crippen LogP contribution < -0.4 is 5.56 Å². The summed E-state index contributed by atoms with van der Waals surface area (Å²) >= 11 is 0. The lowest BCUT2D eigenvalue weighted by atomic mass is 10.0. The second-order valence-electron chi connectivity index (χ2n) is 5.60. The van der Waals surface area contributed by atoms with Crippen molar-refractivity contribution in [1.29, 1.82) is 5.26 Å². The van der Waals surface area contributed by atoms with Gasteiger partial charge in [-0.2, -0.15) is 15.3 Å². The van der Waals surface area contributed by atoms with Gasteiger partial charge in [0.1, 0.15) is 24.0 Å². The first kappa shape index (κ1) is 17.5. The van der Waals surface area contributed by atoms with Crippen molar-refractivity contribution < 1.29 is 8.91 Å². The Balaban J connectivity index is 1.96. The first-order valence-corrected chi connectivity index (χ1v) is 8.18. The monoisotopic (exact) mass is 353 g/mol. The molecule has 0 unspecified atom stereocenters. The highest BCUT2D eigenvalue weighted by Gasteiger charge is 2.17. The standard InChI is InChI=1S/C18H16FN5O2/c1-3-13-14(9-20)18(25)24(22-15(13)4-2)10-16-21-17(23-26-16)11-5-7-12(19)8-6-11/h5-8H,3-4,10H2,1-2H3. The molecule has 0 fully saturated rings. The van der Waals surface area contributed by atoms with Crippen LogP contribution in [0.2, 0.25) is 0 Å². The summed E-state index contributed by atoms with van der Waals surface area (Å²) in [7, 11) is 0. The molecule has 0 atom stereocenters. The van der Waals surface area contributed by atoms with E-state index in [1.165, 1.54) is 28.9 Å². The van der Waals surface area contributed by atoms with Crippen molar-refractivity contribution >= 4 is 0 Å². The van der Waals surface area contributed by atoms with Gasteiger partial charge >= 0.3 is 0 Å². The molecule has 0 saturated carbocycles. The van der Waals surface area contributed by atoms with Gasteiger partial charge in [-0.25, -0.2) is 9.07 Å². The first-order valence-electron chi connectivity index (χ1n) is 8.18. The fraction of sp³-hybridized carbons (Fsp3) is 0.278. The summed E-state index contributed by atoms with van der Waals surface area (Å²) in [5.74, 6) is 0.101. The minimum Gasteiger partial charge on any atom is -0.337 e. The molecule has 2 heterocycles. The van der Waals surface area contributed by atoms with Gasteiger partial charge in [0.25, 0.3) is 5.56 Å². The Kier molecular flexibility index (Phi) is 4.89. The summed E-state index contributed by atoms with van der Waals surface area (Å²) in [4.78, 5) is 16.7. The smallest absolute Gasteiger partial charge is 0.285 e. The Bertz CT molecular complexity index is 1030. The van der Waals surface area contributed by atoms with Gasteiger partial charge in [0.15, 0.2) is 0 Å². The summed E-state index contributed by atoms with van der Waals surface area (Å²) in [6.07, 6.45) is 1.16. The molecule has 7 nitrogen and oxygen atoms in total. The van der Waals surface area contributed by atoms with Gasteiger partial charge in [0, 0.05) is 5.56 Å². The van der Waals surface area contributed by atoms with Crippen LogP contribution in [0.1, 0.15) is 36.6 Å². The highest BCUT2D eigenvalue weighted by atomic mass is 19.1. The normalized spacial score (nSPS) is 10.7. The SMILES string of the molecule is CCc1nn(Cc2nc(-c3ccc(F)cc3)no2)c(=O)c(C#N)c1CC. The van der Waals surface area contributed by atoms with E-state index in [1.807, 2.05) is 19.9 Å². The zero-order valence-electron chi connectivity index (χ0n) is 14.4. The van der Waals surface area contributed by atoms with Crippen LogP contribution in [-0.2, 0) is 19.4 Å². The van der Waals surface area contributed by atoms with Crippen LogP contribution in [0.25, 0.3) is 11.4 Å². The molecule has 0 radical (unpaired) electrons. The van der Waals surface area contributed by atoms with E-state index in [9.17, 15) is 14.4 Å². The predicted octanol–water partition coefficient (Wildman–Crippen LogP) is 2.48. The summed E-state index contributed by atoms with van der Waals surface area (Å²) in [6, 6.07) is 7.65. The molecule has 3 rings (SSSR count). The van der Waals surface area contributed by atoms with Gasteiger partial charge in [-0.1, -0.05) is 19.0 Å². The van der Waals surface area contributed by atoms with Gasteiger partial charge in [-0.05, 0) is 42.7 Å². The molecule has 0 aliphatic carbocycles. The summed E-state index contributed by atoms with van der Waals surface area (Å²) in [5.41, 5.74) is 1.58. The highest BCUT2D eigenvalue weighted by molar-refractivity contribution is 5.53. The maximum absolute atomic E-state index is 13.0. The van der Waals surface area contributed by atoms with Crippen molar-refractivity contribution in [3.05, 3.63) is 63.1 Å². The molecule has 0 aliphatic heterocycles. The Hall–Kier alpha value is -3.34. The largest absolute Gasteiger partial charge is 0.337 e. The molecular weight excluding hydrogens is 337 g/mol. The van der Waals surface area contributed by atoms with E-state index in [1.54, 1.807) is 0 Å². The first-order chi connectivity index (χ1) is 12.6. The van der Waals surface area contributed by atoms with Crippen molar-refractivity contribution in [3.8, 4) is 17.5 Å². The van der Waals surface area contributed by atoms with Crippen LogP contribution in [0.15, 0.2) is 33.6 Å². The number of hydrogen-bond acceptors (Lipinski definition) is 6. The van der Waals surface area contributed by atoms with Gasteiger partial charge in [-0.15, -0.1) is 0 Å². The van der Waals surface area contributed by atoms with Gasteiger partial charge in [0.2, 0.25) is 11.7 Å². The third kappa shape index (κ3) is 3.24. The molecule has 0 saturated heterocycles. The number of benzene rings is 1. The van der Waals surface area contributed by atoms with E-state index in [0.29, 0.717) is 29.7 Å². The van der Waals surface area contributed by atoms with E-state index < -0.39 is 5.56 Å². The molecule has 3 aromatic rings. The summed E-state index contributed by atoms with van der Waals surface area (Å²) in [5, 5.41) is 17.5. The maximum atomic E-state index is 13.0. The van der Waals surface area contributed by atoms with E-state index in [2.05, 4.69) is 15.2 Å². The molecule has 0 bridgehead atoms. The maximum Gasteiger partial charge on any atom is 0.285 e. The Labute approximate surface area is 148 Å². The number of aryl methyl sites for hydroxylation is 1. The Morgan fingerprint density at radius 2 is 1.96 bits per heavy atom. The molecule has 0 amide bonds. The van der Waals surface area contributed by atoms with Crippen molar-refractivity contribution in [3.63, 3.8) is 0 Å². The summed E-state index contributed by atoms with van der Waals surface area (Å²) < 4.78 is 19.3. The molecule has 26 heavy (non-hydrogen) atoms. The quantitative estimate of drug-likeness (QED) is 0.699. The van der Waals surface area contributed by atoms with E-state index in [4.69, 9.17) is 4.52 Å². The van der Waals surface area contributed by atoms with Crippen molar-refractivity contribution in [1.82, 2.24) is 19.9 Å². The van der Waals surface area contributed by atoms with Gasteiger partial charge in [-0.3, -0.25) is 4.79 Å². The van der Waals surface area contributed by atoms with Crippen LogP contribution in [0.3, 0.4) is 0 Å². The average Bonchev–Trinajstić information content (AvgIpc) is 3.11. The van der Waals surface area contributed by atoms with Crippen molar-refractivity contribution in [2.75, 3.05) is 0 Å². The van der Waals surface area contributed by atoms with Crippen LogP contribution in [0.4, 0.5) is 4.39 Å². The molecular formula is C18H16FN5O2. The van der Waals surface area contributed by atoms with E-state index in [0.717, 1.165) is 0 Å². The van der Waals surface area contributed by atoms with Gasteiger partial charge < -0.3 is 4.52 Å². The third-order valence-corrected chi connectivity index (χ3v) is 4.00. The zero-order valence-corrected chi connectivity index (χ0v) is 14.4. The minimum absolute atomic E-state index is 0.0430. The predicted molar refractivity (Wildman–Crippen MR) is 90.8 cm³/mol. The van der Waals surface area contributed by atoms with Crippen molar-refractivity contribution in [2.24, 2.45) is 0 Å². The second-order valence-corrected chi connectivity index (χ2v) is 5.60. The number of rotatable bonds is 5. The second kappa shape index (κ2) is 7.27. The van der Waals surface area contributed by atoms with Crippen LogP contribution >= 0.6 is 0 Å². The molecule has 0 N–H and O–H groups in total. The van der Waals surface area contributed by atoms with Crippen LogP contribution in [0, 0.1) is 17.1 Å². The number of aromatic nitrogens is 4. The van der Waals surface area contributed by atoms with Crippen LogP contribution in [-0.4, -0.2) is 19.9 Å². The lowest BCUT2D eigenvalue weighted by Gasteiger charge is -2.10. The molecule has 0 aliphatic rings. The molecule has 0 spiro atoms. The molecule has 8 heteroatoms. The van der Waals surface area contributed by atoms with E-state index in [-0.39, 0.29) is 29.6 Å². The molecule has 132 valence electrons. The minimum atomic E-state index is -0.483. The fourth-order valence-electron chi connectivity index (χ4n) is 2.70. The number of nitriles is 1. The number of hydrogen-bond donors (Lipinski definition) is 0. The topological polar surface area (TPSA) is 97.6 Å². The van der Waals surface area contributed by atoms with E-state index >= 15 is 0 Å². The zero-order chi connectivity index (χ0) is 18.7. The Morgan fingerprint density at radius 1 is 1.23 bits per heavy atom. The third-order valence-electron chi connectivity index (χ3n) is 4.00. The molecule has 1 aromatic carbocycles. The highest BCUT2D eigenvalue weighted by Crippen LogP contribution is 2.16. The molecule has 2 aromatic heterocycles. The number of nitrogens with zero attached hydrogens (tertiary/aromatic N) is 5. The van der Waals surface area contributed by atoms with Crippen molar-refractivity contribution in [2.45, 2.75) is 33.2 Å². The lowest BCUT2D eigenvalue weighted by molar-refractivity contribution is 0.362. The lowest BCUT2D eigenvalue weighted by Crippen LogP contribution is -2.29. The average molecular weight is 353 g/mol. The number of halogens is 1.